The van der Waals surface area contributed by atoms with Gasteiger partial charge in [-0.2, -0.15) is 0 Å². The van der Waals surface area contributed by atoms with Crippen molar-refractivity contribution in [2.24, 2.45) is 0 Å². The molecule has 0 N–H and O–H groups in total. The summed E-state index contributed by atoms with van der Waals surface area (Å²) in [7, 11) is 1.58. The zero-order valence-corrected chi connectivity index (χ0v) is 12.5. The van der Waals surface area contributed by atoms with Crippen LogP contribution in [0.3, 0.4) is 0 Å². The zero-order chi connectivity index (χ0) is 15.6. The topological polar surface area (TPSA) is 63.7 Å². The van der Waals surface area contributed by atoms with Gasteiger partial charge in [-0.25, -0.2) is 4.79 Å². The Bertz CT molecular complexity index is 596. The van der Waals surface area contributed by atoms with Crippen molar-refractivity contribution in [3.05, 3.63) is 35.4 Å². The highest BCUT2D eigenvalue weighted by atomic mass is 16.5. The van der Waals surface area contributed by atoms with Crippen molar-refractivity contribution >= 4 is 17.7 Å². The van der Waals surface area contributed by atoms with Gasteiger partial charge < -0.3 is 14.4 Å². The number of Topliss-reactive ketones (excluding diaryl/α,β-unsaturated/α-hetero) is 1. The molecule has 5 nitrogen and oxygen atoms in total. The van der Waals surface area contributed by atoms with Gasteiger partial charge in [-0.3, -0.25) is 4.79 Å². The summed E-state index contributed by atoms with van der Waals surface area (Å²) in [4.78, 5) is 37.7. The highest BCUT2D eigenvalue weighted by Gasteiger charge is 2.54. The summed E-state index contributed by atoms with van der Waals surface area (Å²) in [5.74, 6) is -0.724. The second-order valence-electron chi connectivity index (χ2n) is 5.19. The van der Waals surface area contributed by atoms with Crippen molar-refractivity contribution in [1.29, 1.82) is 0 Å². The molecule has 0 aromatic heterocycles. The smallest absolute Gasteiger partial charge is 0.336 e. The maximum Gasteiger partial charge on any atom is 0.336 e. The predicted molar refractivity (Wildman–Crippen MR) is 76.8 cm³/mol. The van der Waals surface area contributed by atoms with Crippen LogP contribution < -0.4 is 0 Å². The molecule has 0 spiro atoms. The molecule has 1 heterocycles. The summed E-state index contributed by atoms with van der Waals surface area (Å²) in [6.07, 6.45) is 0.450. The fourth-order valence-electron chi connectivity index (χ4n) is 2.82. The number of ketones is 1. The lowest BCUT2D eigenvalue weighted by Gasteiger charge is -2.34. The zero-order valence-electron chi connectivity index (χ0n) is 12.5. The summed E-state index contributed by atoms with van der Waals surface area (Å²) in [5.41, 5.74) is -0.0798. The Morgan fingerprint density at radius 1 is 1.29 bits per heavy atom. The van der Waals surface area contributed by atoms with E-state index in [-0.39, 0.29) is 31.1 Å². The monoisotopic (exact) mass is 289 g/mol. The molecule has 0 aliphatic carbocycles. The summed E-state index contributed by atoms with van der Waals surface area (Å²) in [5, 5.41) is 0. The van der Waals surface area contributed by atoms with Crippen LogP contribution in [0.2, 0.25) is 0 Å². The van der Waals surface area contributed by atoms with Gasteiger partial charge in [0.1, 0.15) is 5.78 Å². The molecule has 1 unspecified atom stereocenters. The molecule has 5 heteroatoms. The molecule has 0 saturated heterocycles. The van der Waals surface area contributed by atoms with Crippen molar-refractivity contribution in [3.63, 3.8) is 0 Å². The fraction of sp³-hybridized carbons (Fsp3) is 0.438. The van der Waals surface area contributed by atoms with Crippen molar-refractivity contribution in [1.82, 2.24) is 4.90 Å². The third-order valence-electron chi connectivity index (χ3n) is 3.93. The highest BCUT2D eigenvalue weighted by molar-refractivity contribution is 6.05. The maximum absolute atomic E-state index is 12.6. The number of carbonyl (C=O) groups is 3. The molecule has 0 bridgehead atoms. The van der Waals surface area contributed by atoms with Crippen LogP contribution in [0, 0.1) is 0 Å². The van der Waals surface area contributed by atoms with E-state index in [4.69, 9.17) is 4.74 Å². The number of rotatable bonds is 5. The number of amides is 1. The highest BCUT2D eigenvalue weighted by Crippen LogP contribution is 2.42. The van der Waals surface area contributed by atoms with Crippen molar-refractivity contribution in [3.8, 4) is 0 Å². The van der Waals surface area contributed by atoms with Crippen LogP contribution in [0.1, 0.15) is 42.6 Å². The predicted octanol–water partition coefficient (Wildman–Crippen LogP) is 1.90. The van der Waals surface area contributed by atoms with Gasteiger partial charge in [-0.15, -0.1) is 0 Å². The van der Waals surface area contributed by atoms with Crippen LogP contribution in [0.25, 0.3) is 0 Å². The minimum atomic E-state index is -1.20. The molecule has 1 atom stereocenters. The number of ether oxygens (including phenoxy) is 1. The minimum Gasteiger partial charge on any atom is -0.464 e. The Labute approximate surface area is 123 Å². The van der Waals surface area contributed by atoms with E-state index in [1.807, 2.05) is 0 Å². The Morgan fingerprint density at radius 3 is 2.57 bits per heavy atom. The number of benzene rings is 1. The first-order valence-corrected chi connectivity index (χ1v) is 6.99. The molecule has 0 radical (unpaired) electrons. The minimum absolute atomic E-state index is 0.0242. The largest absolute Gasteiger partial charge is 0.464 e. The van der Waals surface area contributed by atoms with E-state index in [2.05, 4.69) is 0 Å². The summed E-state index contributed by atoms with van der Waals surface area (Å²) < 4.78 is 5.19. The third kappa shape index (κ3) is 2.33. The fourth-order valence-corrected chi connectivity index (χ4v) is 2.82. The van der Waals surface area contributed by atoms with Crippen LogP contribution >= 0.6 is 0 Å². The van der Waals surface area contributed by atoms with Crippen LogP contribution in [0.4, 0.5) is 0 Å². The third-order valence-corrected chi connectivity index (χ3v) is 3.93. The van der Waals surface area contributed by atoms with Gasteiger partial charge in [0.2, 0.25) is 0 Å². The van der Waals surface area contributed by atoms with Gasteiger partial charge in [-0.1, -0.05) is 18.2 Å². The van der Waals surface area contributed by atoms with E-state index in [0.717, 1.165) is 0 Å². The molecule has 1 aliphatic rings. The number of carbonyl (C=O) groups excluding carboxylic acids is 3. The number of likely N-dealkylation sites (N-methyl/N-ethyl adjacent to an activating group) is 1. The van der Waals surface area contributed by atoms with E-state index in [0.29, 0.717) is 11.1 Å². The van der Waals surface area contributed by atoms with Crippen molar-refractivity contribution < 1.29 is 19.1 Å². The quantitative estimate of drug-likeness (QED) is 0.777. The van der Waals surface area contributed by atoms with E-state index >= 15 is 0 Å². The number of nitrogens with zero attached hydrogens (tertiary/aromatic N) is 1. The van der Waals surface area contributed by atoms with Crippen LogP contribution in [-0.2, 0) is 19.9 Å². The maximum atomic E-state index is 12.6. The van der Waals surface area contributed by atoms with E-state index in [9.17, 15) is 14.4 Å². The van der Waals surface area contributed by atoms with Gasteiger partial charge in [0.25, 0.3) is 5.91 Å². The SMILES string of the molecule is CCOC(=O)C1(CCC(C)=O)c2ccccc2C(=O)N1C. The first-order valence-electron chi connectivity index (χ1n) is 6.99. The molecule has 112 valence electrons. The first-order chi connectivity index (χ1) is 9.95. The first kappa shape index (κ1) is 15.2. The Balaban J connectivity index is 2.56. The molecular weight excluding hydrogens is 270 g/mol. The second kappa shape index (κ2) is 5.68. The standard InChI is InChI=1S/C16H19NO4/c1-4-21-15(20)16(10-9-11(2)18)13-8-6-5-7-12(13)14(19)17(16)3/h5-8H,4,9-10H2,1-3H3. The lowest BCUT2D eigenvalue weighted by molar-refractivity contribution is -0.156. The van der Waals surface area contributed by atoms with Crippen molar-refractivity contribution in [2.75, 3.05) is 13.7 Å². The molecule has 0 saturated carbocycles. The van der Waals surface area contributed by atoms with E-state index in [1.54, 1.807) is 38.2 Å². The van der Waals surface area contributed by atoms with Crippen molar-refractivity contribution in [2.45, 2.75) is 32.2 Å². The number of fused-ring (bicyclic) bond motifs is 1. The van der Waals surface area contributed by atoms with Crippen LogP contribution in [0.5, 0.6) is 0 Å². The molecule has 1 aromatic carbocycles. The number of hydrogen-bond donors (Lipinski definition) is 0. The lowest BCUT2D eigenvalue weighted by atomic mass is 9.84. The van der Waals surface area contributed by atoms with Gasteiger partial charge >= 0.3 is 5.97 Å². The van der Waals surface area contributed by atoms with Crippen LogP contribution in [-0.4, -0.2) is 36.2 Å². The normalized spacial score (nSPS) is 20.3. The van der Waals surface area contributed by atoms with E-state index in [1.165, 1.54) is 11.8 Å². The summed E-state index contributed by atoms with van der Waals surface area (Å²) in [6.45, 7) is 3.42. The Hall–Kier alpha value is -2.17. The molecule has 1 amide bonds. The molecule has 2 rings (SSSR count). The second-order valence-corrected chi connectivity index (χ2v) is 5.19. The number of esters is 1. The van der Waals surface area contributed by atoms with Gasteiger partial charge in [0, 0.05) is 24.6 Å². The Kier molecular flexibility index (Phi) is 4.11. The van der Waals surface area contributed by atoms with Gasteiger partial charge in [-0.05, 0) is 26.3 Å². The molecule has 0 fully saturated rings. The average molecular weight is 289 g/mol. The number of hydrogen-bond acceptors (Lipinski definition) is 4. The van der Waals surface area contributed by atoms with E-state index < -0.39 is 11.5 Å². The van der Waals surface area contributed by atoms with Gasteiger partial charge in [0.15, 0.2) is 5.54 Å². The van der Waals surface area contributed by atoms with Gasteiger partial charge in [0.05, 0.1) is 6.61 Å². The lowest BCUT2D eigenvalue weighted by Crippen LogP contribution is -2.49. The Morgan fingerprint density at radius 2 is 1.95 bits per heavy atom. The molecule has 21 heavy (non-hydrogen) atoms. The van der Waals surface area contributed by atoms with Crippen LogP contribution in [0.15, 0.2) is 24.3 Å². The summed E-state index contributed by atoms with van der Waals surface area (Å²) >= 11 is 0. The average Bonchev–Trinajstić information content (AvgIpc) is 2.68. The molecule has 1 aliphatic heterocycles. The molecule has 1 aromatic rings. The summed E-state index contributed by atoms with van der Waals surface area (Å²) in [6, 6.07) is 7.00. The molecular formula is C16H19NO4.